The number of ether oxygens (including phenoxy) is 1. The van der Waals surface area contributed by atoms with Gasteiger partial charge in [-0.15, -0.1) is 0 Å². The van der Waals surface area contributed by atoms with E-state index in [1.54, 1.807) is 7.11 Å². The summed E-state index contributed by atoms with van der Waals surface area (Å²) in [5.41, 5.74) is 3.77. The number of aromatic nitrogens is 1. The monoisotopic (exact) mass is 422 g/mol. The van der Waals surface area contributed by atoms with Crippen molar-refractivity contribution in [2.75, 3.05) is 53.4 Å². The van der Waals surface area contributed by atoms with E-state index in [0.717, 1.165) is 70.2 Å². The lowest BCUT2D eigenvalue weighted by Gasteiger charge is -2.43. The second-order valence-electron chi connectivity index (χ2n) is 9.62. The Morgan fingerprint density at radius 3 is 2.42 bits per heavy atom. The van der Waals surface area contributed by atoms with Crippen LogP contribution in [0.25, 0.3) is 0 Å². The van der Waals surface area contributed by atoms with Crippen LogP contribution in [0.2, 0.25) is 0 Å². The first-order valence-corrected chi connectivity index (χ1v) is 11.6. The predicted octanol–water partition coefficient (Wildman–Crippen LogP) is 2.22. The summed E-state index contributed by atoms with van der Waals surface area (Å²) in [6, 6.07) is 12.7. The van der Waals surface area contributed by atoms with Gasteiger partial charge in [-0.1, -0.05) is 18.2 Å². The topological polar surface area (TPSA) is 41.0 Å². The van der Waals surface area contributed by atoms with E-state index >= 15 is 0 Å². The summed E-state index contributed by atoms with van der Waals surface area (Å²) in [7, 11) is 3.87. The highest BCUT2D eigenvalue weighted by Crippen LogP contribution is 2.35. The Labute approximate surface area is 185 Å². The molecule has 0 spiro atoms. The van der Waals surface area contributed by atoms with Gasteiger partial charge in [-0.3, -0.25) is 14.6 Å². The van der Waals surface area contributed by atoms with Crippen LogP contribution < -0.4 is 10.3 Å². The average Bonchev–Trinajstić information content (AvgIpc) is 2.78. The number of methoxy groups -OCH3 is 1. The average molecular weight is 423 g/mol. The molecule has 0 amide bonds. The molecule has 4 heterocycles. The summed E-state index contributed by atoms with van der Waals surface area (Å²) in [5.74, 6) is 1.91. The summed E-state index contributed by atoms with van der Waals surface area (Å²) < 4.78 is 7.39. The number of likely N-dealkylation sites (tertiary alicyclic amines) is 1. The van der Waals surface area contributed by atoms with Gasteiger partial charge >= 0.3 is 0 Å². The maximum absolute atomic E-state index is 13.3. The van der Waals surface area contributed by atoms with Crippen molar-refractivity contribution in [2.45, 2.75) is 32.0 Å². The molecule has 3 aliphatic heterocycles. The van der Waals surface area contributed by atoms with Crippen LogP contribution in [0.5, 0.6) is 5.75 Å². The molecule has 0 unspecified atom stereocenters. The highest BCUT2D eigenvalue weighted by Gasteiger charge is 2.35. The minimum absolute atomic E-state index is 0.245. The largest absolute Gasteiger partial charge is 0.497 e. The quantitative estimate of drug-likeness (QED) is 0.739. The lowest BCUT2D eigenvalue weighted by atomic mass is 9.82. The second kappa shape index (κ2) is 8.77. The van der Waals surface area contributed by atoms with E-state index in [-0.39, 0.29) is 5.56 Å². The Morgan fingerprint density at radius 2 is 1.68 bits per heavy atom. The molecule has 6 nitrogen and oxygen atoms in total. The van der Waals surface area contributed by atoms with Crippen LogP contribution in [0.3, 0.4) is 0 Å². The maximum atomic E-state index is 13.3. The SMILES string of the molecule is COc1ccc(CN2C[C@@H]3C[C@H](C2)c2ccc(CN4CCN(C)CC4)c(=O)n2C3)cc1. The fourth-order valence-electron chi connectivity index (χ4n) is 5.58. The molecule has 0 radical (unpaired) electrons. The molecule has 0 aliphatic carbocycles. The molecule has 1 aromatic heterocycles. The van der Waals surface area contributed by atoms with Crippen molar-refractivity contribution in [3.63, 3.8) is 0 Å². The van der Waals surface area contributed by atoms with Crippen molar-refractivity contribution >= 4 is 0 Å². The van der Waals surface area contributed by atoms with Crippen LogP contribution >= 0.6 is 0 Å². The maximum Gasteiger partial charge on any atom is 0.255 e. The normalized spacial score (nSPS) is 24.7. The van der Waals surface area contributed by atoms with Gasteiger partial charge in [0.15, 0.2) is 0 Å². The molecule has 2 bridgehead atoms. The van der Waals surface area contributed by atoms with Gasteiger partial charge in [0.2, 0.25) is 0 Å². The van der Waals surface area contributed by atoms with Gasteiger partial charge in [0, 0.05) is 76.1 Å². The van der Waals surface area contributed by atoms with Crippen molar-refractivity contribution in [3.05, 3.63) is 63.6 Å². The highest BCUT2D eigenvalue weighted by molar-refractivity contribution is 5.27. The molecule has 2 atom stereocenters. The van der Waals surface area contributed by atoms with Gasteiger partial charge in [0.25, 0.3) is 5.56 Å². The van der Waals surface area contributed by atoms with Gasteiger partial charge in [-0.2, -0.15) is 0 Å². The number of hydrogen-bond acceptors (Lipinski definition) is 5. The number of piperidine rings is 1. The molecule has 0 saturated carbocycles. The number of rotatable bonds is 5. The van der Waals surface area contributed by atoms with Crippen LogP contribution in [-0.4, -0.2) is 72.7 Å². The predicted molar refractivity (Wildman–Crippen MR) is 123 cm³/mol. The minimum Gasteiger partial charge on any atom is -0.497 e. The number of fused-ring (bicyclic) bond motifs is 4. The molecule has 166 valence electrons. The molecule has 2 saturated heterocycles. The van der Waals surface area contributed by atoms with Gasteiger partial charge in [-0.25, -0.2) is 0 Å². The van der Waals surface area contributed by atoms with E-state index in [4.69, 9.17) is 4.74 Å². The number of pyridine rings is 1. The molecule has 0 N–H and O–H groups in total. The van der Waals surface area contributed by atoms with Crippen LogP contribution in [-0.2, 0) is 19.6 Å². The Balaban J connectivity index is 1.29. The summed E-state index contributed by atoms with van der Waals surface area (Å²) in [5, 5.41) is 0. The molecular weight excluding hydrogens is 388 g/mol. The first-order valence-electron chi connectivity index (χ1n) is 11.6. The number of hydrogen-bond donors (Lipinski definition) is 0. The molecule has 3 aliphatic rings. The number of nitrogens with zero attached hydrogens (tertiary/aromatic N) is 4. The Kier molecular flexibility index (Phi) is 5.87. The third-order valence-electron chi connectivity index (χ3n) is 7.31. The Hall–Kier alpha value is -2.15. The zero-order valence-electron chi connectivity index (χ0n) is 18.8. The van der Waals surface area contributed by atoms with Crippen LogP contribution in [0.4, 0.5) is 0 Å². The molecule has 2 aromatic rings. The van der Waals surface area contributed by atoms with Crippen molar-refractivity contribution in [3.8, 4) is 5.75 Å². The van der Waals surface area contributed by atoms with Crippen LogP contribution in [0.1, 0.15) is 29.2 Å². The smallest absolute Gasteiger partial charge is 0.255 e. The summed E-state index contributed by atoms with van der Waals surface area (Å²) >= 11 is 0. The fraction of sp³-hybridized carbons (Fsp3) is 0.560. The van der Waals surface area contributed by atoms with Gasteiger partial charge in [-0.05, 0) is 43.1 Å². The van der Waals surface area contributed by atoms with Gasteiger partial charge in [0.05, 0.1) is 7.11 Å². The Morgan fingerprint density at radius 1 is 0.903 bits per heavy atom. The van der Waals surface area contributed by atoms with Crippen molar-refractivity contribution < 1.29 is 4.74 Å². The molecule has 6 heteroatoms. The third-order valence-corrected chi connectivity index (χ3v) is 7.31. The van der Waals surface area contributed by atoms with Crippen LogP contribution in [0.15, 0.2) is 41.2 Å². The van der Waals surface area contributed by atoms with Crippen molar-refractivity contribution in [1.29, 1.82) is 0 Å². The van der Waals surface area contributed by atoms with Gasteiger partial charge in [0.1, 0.15) is 5.75 Å². The fourth-order valence-corrected chi connectivity index (χ4v) is 5.58. The zero-order valence-corrected chi connectivity index (χ0v) is 18.8. The number of piperazine rings is 1. The van der Waals surface area contributed by atoms with Crippen LogP contribution in [0, 0.1) is 5.92 Å². The number of benzene rings is 1. The highest BCUT2D eigenvalue weighted by atomic mass is 16.5. The first kappa shape index (κ1) is 20.7. The standard InChI is InChI=1S/C25H34N4O2/c1-26-9-11-27(12-10-26)17-21-5-8-24-22-13-20(16-29(24)25(21)30)15-28(18-22)14-19-3-6-23(31-2)7-4-19/h3-8,20,22H,9-18H2,1-2H3/t20-,22+/m0/s1. The molecule has 5 rings (SSSR count). The van der Waals surface area contributed by atoms with Crippen molar-refractivity contribution in [1.82, 2.24) is 19.3 Å². The van der Waals surface area contributed by atoms with E-state index in [2.05, 4.69) is 50.6 Å². The van der Waals surface area contributed by atoms with E-state index in [9.17, 15) is 4.79 Å². The van der Waals surface area contributed by atoms with E-state index in [1.165, 1.54) is 17.7 Å². The van der Waals surface area contributed by atoms with E-state index in [1.807, 2.05) is 12.1 Å². The lowest BCUT2D eigenvalue weighted by molar-refractivity contribution is 0.113. The second-order valence-corrected chi connectivity index (χ2v) is 9.62. The molecular formula is C25H34N4O2. The minimum atomic E-state index is 0.245. The molecule has 1 aromatic carbocycles. The summed E-state index contributed by atoms with van der Waals surface area (Å²) in [6.07, 6.45) is 1.20. The molecule has 31 heavy (non-hydrogen) atoms. The number of likely N-dealkylation sites (N-methyl/N-ethyl adjacent to an activating group) is 1. The van der Waals surface area contributed by atoms with Crippen molar-refractivity contribution in [2.24, 2.45) is 5.92 Å². The third kappa shape index (κ3) is 4.43. The summed E-state index contributed by atoms with van der Waals surface area (Å²) in [4.78, 5) is 20.7. The van der Waals surface area contributed by atoms with Gasteiger partial charge < -0.3 is 14.2 Å². The zero-order chi connectivity index (χ0) is 21.4. The Bertz CT molecular complexity index is 962. The first-order chi connectivity index (χ1) is 15.1. The van der Waals surface area contributed by atoms with E-state index in [0.29, 0.717) is 11.8 Å². The molecule has 2 fully saturated rings. The van der Waals surface area contributed by atoms with E-state index < -0.39 is 0 Å². The summed E-state index contributed by atoms with van der Waals surface area (Å²) in [6.45, 7) is 8.96. The lowest BCUT2D eigenvalue weighted by Crippen LogP contribution is -2.48.